The summed E-state index contributed by atoms with van der Waals surface area (Å²) < 4.78 is 0. The Kier molecular flexibility index (Phi) is 1.88. The number of phenolic OH excluding ortho intramolecular Hbond substituents is 1. The minimum atomic E-state index is 0.179. The molecular weight excluding hydrogens is 242 g/mol. The van der Waals surface area contributed by atoms with E-state index >= 15 is 0 Å². The van der Waals surface area contributed by atoms with Gasteiger partial charge in [0.1, 0.15) is 17.6 Å². The number of rotatable bonds is 0. The molecule has 0 spiro atoms. The highest BCUT2D eigenvalue weighted by Crippen LogP contribution is 2.35. The van der Waals surface area contributed by atoms with Crippen LogP contribution in [0.25, 0.3) is 5.70 Å². The van der Waals surface area contributed by atoms with Crippen LogP contribution in [0.4, 0.5) is 0 Å². The molecule has 2 aromatic rings. The normalized spacial score (nSPS) is 18.7. The van der Waals surface area contributed by atoms with Gasteiger partial charge in [-0.05, 0) is 11.1 Å². The molecule has 1 aromatic carbocycles. The van der Waals surface area contributed by atoms with Gasteiger partial charge in [0.2, 0.25) is 0 Å². The highest BCUT2D eigenvalue weighted by atomic mass is 16.3. The average molecular weight is 250 g/mol. The van der Waals surface area contributed by atoms with Crippen LogP contribution in [0.5, 0.6) is 5.75 Å². The first-order valence-corrected chi connectivity index (χ1v) is 5.73. The summed E-state index contributed by atoms with van der Waals surface area (Å²) in [4.78, 5) is 20.0. The van der Waals surface area contributed by atoms with Gasteiger partial charge in [0.05, 0.1) is 5.56 Å². The Morgan fingerprint density at radius 2 is 2.11 bits per heavy atom. The van der Waals surface area contributed by atoms with Crippen LogP contribution in [0.3, 0.4) is 0 Å². The van der Waals surface area contributed by atoms with Crippen LogP contribution in [0, 0.1) is 0 Å². The Morgan fingerprint density at radius 3 is 3.00 bits per heavy atom. The van der Waals surface area contributed by atoms with E-state index in [9.17, 15) is 5.11 Å². The van der Waals surface area contributed by atoms with Crippen molar-refractivity contribution in [2.24, 2.45) is 15.0 Å². The fourth-order valence-corrected chi connectivity index (χ4v) is 2.15. The molecule has 6 nitrogen and oxygen atoms in total. The molecule has 0 atom stereocenters. The zero-order valence-corrected chi connectivity index (χ0v) is 9.70. The molecule has 4 rings (SSSR count). The van der Waals surface area contributed by atoms with Gasteiger partial charge in [-0.3, -0.25) is 4.99 Å². The molecule has 2 aliphatic rings. The molecule has 0 saturated heterocycles. The number of phenols is 1. The molecular formula is C13H8N5O+. The smallest absolute Gasteiger partial charge is 0.297 e. The van der Waals surface area contributed by atoms with Gasteiger partial charge in [-0.15, -0.1) is 0 Å². The van der Waals surface area contributed by atoms with E-state index in [4.69, 9.17) is 0 Å². The van der Waals surface area contributed by atoms with E-state index < -0.39 is 0 Å². The summed E-state index contributed by atoms with van der Waals surface area (Å²) in [6.07, 6.45) is 4.98. The molecule has 0 unspecified atom stereocenters. The van der Waals surface area contributed by atoms with Crippen LogP contribution < -0.4 is 15.8 Å². The maximum atomic E-state index is 9.96. The average Bonchev–Trinajstić information content (AvgIpc) is 3.02. The summed E-state index contributed by atoms with van der Waals surface area (Å²) in [5.41, 5.74) is 2.66. The van der Waals surface area contributed by atoms with E-state index in [-0.39, 0.29) is 5.75 Å². The molecule has 1 aromatic heterocycles. The molecule has 19 heavy (non-hydrogen) atoms. The molecule has 3 heterocycles. The summed E-state index contributed by atoms with van der Waals surface area (Å²) in [6.45, 7) is 0. The van der Waals surface area contributed by atoms with Crippen LogP contribution in [0.1, 0.15) is 11.1 Å². The van der Waals surface area contributed by atoms with Gasteiger partial charge in [0.25, 0.3) is 11.8 Å². The Bertz CT molecular complexity index is 845. The number of hydrogen-bond acceptors (Lipinski definition) is 5. The van der Waals surface area contributed by atoms with Crippen LogP contribution in [-0.2, 0) is 0 Å². The zero-order chi connectivity index (χ0) is 12.8. The lowest BCUT2D eigenvalue weighted by molar-refractivity contribution is -0.384. The van der Waals surface area contributed by atoms with Gasteiger partial charge in [-0.2, -0.15) is 4.99 Å². The summed E-state index contributed by atoms with van der Waals surface area (Å²) in [5, 5.41) is 10.6. The highest BCUT2D eigenvalue weighted by Gasteiger charge is 2.22. The van der Waals surface area contributed by atoms with E-state index in [0.29, 0.717) is 27.9 Å². The predicted molar refractivity (Wildman–Crippen MR) is 65.7 cm³/mol. The van der Waals surface area contributed by atoms with Crippen molar-refractivity contribution < 1.29 is 10.1 Å². The quantitative estimate of drug-likeness (QED) is 0.690. The summed E-state index contributed by atoms with van der Waals surface area (Å²) >= 11 is 0. The van der Waals surface area contributed by atoms with Crippen molar-refractivity contribution in [3.05, 3.63) is 58.5 Å². The van der Waals surface area contributed by atoms with Crippen molar-refractivity contribution in [3.63, 3.8) is 0 Å². The number of nitrogens with zero attached hydrogens (tertiary/aromatic N) is 4. The van der Waals surface area contributed by atoms with E-state index in [1.165, 1.54) is 0 Å². The van der Waals surface area contributed by atoms with Crippen molar-refractivity contribution >= 4 is 11.9 Å². The molecule has 2 aliphatic heterocycles. The maximum absolute atomic E-state index is 9.96. The summed E-state index contributed by atoms with van der Waals surface area (Å²) in [7, 11) is 0. The van der Waals surface area contributed by atoms with Crippen molar-refractivity contribution in [1.82, 2.24) is 4.98 Å². The van der Waals surface area contributed by atoms with Crippen molar-refractivity contribution in [2.75, 3.05) is 0 Å². The molecule has 0 radical (unpaired) electrons. The van der Waals surface area contributed by atoms with Gasteiger partial charge in [0.15, 0.2) is 11.2 Å². The lowest BCUT2D eigenvalue weighted by Crippen LogP contribution is -2.30. The molecule has 0 saturated carbocycles. The molecule has 6 heteroatoms. The van der Waals surface area contributed by atoms with Gasteiger partial charge in [-0.25, -0.2) is 9.98 Å². The third kappa shape index (κ3) is 1.40. The fraction of sp³-hybridized carbons (Fsp3) is 0. The second-order valence-electron chi connectivity index (χ2n) is 4.17. The number of aromatic nitrogens is 2. The van der Waals surface area contributed by atoms with Crippen molar-refractivity contribution in [1.29, 1.82) is 0 Å². The van der Waals surface area contributed by atoms with Crippen LogP contribution in [-0.4, -0.2) is 16.3 Å². The Labute approximate surface area is 107 Å². The van der Waals surface area contributed by atoms with Crippen LogP contribution >= 0.6 is 0 Å². The second-order valence-corrected chi connectivity index (χ2v) is 4.17. The minimum Gasteiger partial charge on any atom is -0.507 e. The lowest BCUT2D eigenvalue weighted by Gasteiger charge is -2.02. The predicted octanol–water partition coefficient (Wildman–Crippen LogP) is -0.387. The number of hydrogen-bond donors (Lipinski definition) is 1. The summed E-state index contributed by atoms with van der Waals surface area (Å²) in [6, 6.07) is 5.30. The van der Waals surface area contributed by atoms with Gasteiger partial charge >= 0.3 is 0 Å². The SMILES string of the molecule is Oc1cccc2c1C(=C1N=c3c[nH+]cnc3=N1)N=C2. The maximum Gasteiger partial charge on any atom is 0.297 e. The van der Waals surface area contributed by atoms with Gasteiger partial charge < -0.3 is 5.11 Å². The lowest BCUT2D eigenvalue weighted by atomic mass is 10.1. The summed E-state index contributed by atoms with van der Waals surface area (Å²) in [5.74, 6) is 0.650. The number of aliphatic imine (C=N–C) groups is 1. The van der Waals surface area contributed by atoms with Crippen LogP contribution in [0.2, 0.25) is 0 Å². The molecule has 0 aliphatic carbocycles. The molecule has 0 amide bonds. The van der Waals surface area contributed by atoms with Crippen molar-refractivity contribution in [3.8, 4) is 5.75 Å². The number of H-pyrrole nitrogens is 1. The molecule has 90 valence electrons. The van der Waals surface area contributed by atoms with Crippen LogP contribution in [0.15, 0.2) is 51.5 Å². The monoisotopic (exact) mass is 250 g/mol. The standard InChI is InChI=1S/C13H7N5O/c19-9-3-1-2-7-4-15-11(10(7)9)13-17-8-5-14-6-16-12(8)18-13/h1-6,19H/p+1. The number of benzene rings is 1. The van der Waals surface area contributed by atoms with Gasteiger partial charge in [-0.1, -0.05) is 12.1 Å². The molecule has 0 bridgehead atoms. The van der Waals surface area contributed by atoms with E-state index in [1.807, 2.05) is 6.07 Å². The van der Waals surface area contributed by atoms with E-state index in [0.717, 1.165) is 5.56 Å². The van der Waals surface area contributed by atoms with E-state index in [2.05, 4.69) is 24.9 Å². The Hall–Kier alpha value is -2.89. The number of nitrogens with one attached hydrogen (secondary N) is 1. The van der Waals surface area contributed by atoms with Gasteiger partial charge in [0, 0.05) is 11.8 Å². The first kappa shape index (κ1) is 10.1. The third-order valence-electron chi connectivity index (χ3n) is 3.00. The first-order chi connectivity index (χ1) is 9.33. The first-order valence-electron chi connectivity index (χ1n) is 5.73. The number of aromatic hydroxyl groups is 1. The zero-order valence-electron chi connectivity index (χ0n) is 9.70. The Balaban J connectivity index is 2.01. The number of aromatic amines is 1. The Morgan fingerprint density at radius 1 is 1.16 bits per heavy atom. The fourth-order valence-electron chi connectivity index (χ4n) is 2.15. The number of fused-ring (bicyclic) bond motifs is 2. The third-order valence-corrected chi connectivity index (χ3v) is 3.00. The molecule has 0 fully saturated rings. The minimum absolute atomic E-state index is 0.179. The highest BCUT2D eigenvalue weighted by molar-refractivity contribution is 5.99. The second kappa shape index (κ2) is 3.55. The molecule has 2 N–H and O–H groups in total. The van der Waals surface area contributed by atoms with E-state index in [1.54, 1.807) is 30.9 Å². The largest absolute Gasteiger partial charge is 0.507 e. The topological polar surface area (TPSA) is 84.3 Å². The van der Waals surface area contributed by atoms with Crippen molar-refractivity contribution in [2.45, 2.75) is 0 Å².